The van der Waals surface area contributed by atoms with E-state index in [1.54, 1.807) is 25.6 Å². The van der Waals surface area contributed by atoms with Gasteiger partial charge in [-0.3, -0.25) is 4.79 Å². The van der Waals surface area contributed by atoms with E-state index in [1.165, 1.54) is 12.1 Å². The lowest BCUT2D eigenvalue weighted by atomic mass is 9.86. The van der Waals surface area contributed by atoms with Gasteiger partial charge in [0.05, 0.1) is 24.8 Å². The molecule has 32 heavy (non-hydrogen) atoms. The molecule has 2 heterocycles. The Kier molecular flexibility index (Phi) is 6.12. The molecule has 2 aromatic carbocycles. The molecule has 0 saturated carbocycles. The molecule has 4 rings (SSSR count). The molecule has 1 aromatic heterocycles. The van der Waals surface area contributed by atoms with Crippen LogP contribution in [0.4, 0.5) is 4.39 Å². The number of imidazole rings is 1. The summed E-state index contributed by atoms with van der Waals surface area (Å²) in [5, 5.41) is 0. The third-order valence-electron chi connectivity index (χ3n) is 6.05. The van der Waals surface area contributed by atoms with Crippen LogP contribution in [0, 0.1) is 18.7 Å². The summed E-state index contributed by atoms with van der Waals surface area (Å²) >= 11 is 0. The first-order chi connectivity index (χ1) is 15.4. The molecule has 166 valence electrons. The van der Waals surface area contributed by atoms with Crippen molar-refractivity contribution >= 4 is 12.0 Å². The standard InChI is InChI=1S/C26H28FN3O2/c1-17-11-19(3)30(15-20-5-8-22(27)9-6-20)26(31)23(17)12-21-7-10-24(25(13-21)32-4)29-14-18(2)28-16-29/h5-10,12-14,16-17,19H,11,15H2,1-4H3/b23-12+/t17-,19+/m1/s1. The molecule has 0 unspecified atom stereocenters. The molecular formula is C26H28FN3O2. The van der Waals surface area contributed by atoms with Gasteiger partial charge < -0.3 is 14.2 Å². The maximum atomic E-state index is 13.4. The lowest BCUT2D eigenvalue weighted by molar-refractivity contribution is -0.132. The minimum absolute atomic E-state index is 0.0221. The van der Waals surface area contributed by atoms with Crippen molar-refractivity contribution in [1.82, 2.24) is 14.5 Å². The van der Waals surface area contributed by atoms with Crippen molar-refractivity contribution in [3.63, 3.8) is 0 Å². The summed E-state index contributed by atoms with van der Waals surface area (Å²) in [6.45, 7) is 6.57. The molecule has 1 aliphatic heterocycles. The largest absolute Gasteiger partial charge is 0.495 e. The van der Waals surface area contributed by atoms with E-state index >= 15 is 0 Å². The number of aryl methyl sites for hydroxylation is 1. The lowest BCUT2D eigenvalue weighted by Gasteiger charge is -2.38. The van der Waals surface area contributed by atoms with Gasteiger partial charge in [-0.15, -0.1) is 0 Å². The van der Waals surface area contributed by atoms with E-state index in [4.69, 9.17) is 4.74 Å². The minimum Gasteiger partial charge on any atom is -0.495 e. The zero-order valence-corrected chi connectivity index (χ0v) is 18.9. The average Bonchev–Trinajstić information content (AvgIpc) is 3.21. The summed E-state index contributed by atoms with van der Waals surface area (Å²) in [6, 6.07) is 12.4. The van der Waals surface area contributed by atoms with Crippen LogP contribution in [0.2, 0.25) is 0 Å². The third kappa shape index (κ3) is 4.44. The highest BCUT2D eigenvalue weighted by atomic mass is 19.1. The Labute approximate surface area is 188 Å². The monoisotopic (exact) mass is 433 g/mol. The number of benzene rings is 2. The first kappa shape index (κ1) is 21.8. The fourth-order valence-electron chi connectivity index (χ4n) is 4.29. The molecule has 3 aromatic rings. The van der Waals surface area contributed by atoms with Crippen molar-refractivity contribution in [3.05, 3.63) is 83.2 Å². The van der Waals surface area contributed by atoms with Crippen molar-refractivity contribution in [2.45, 2.75) is 39.8 Å². The number of halogens is 1. The highest BCUT2D eigenvalue weighted by molar-refractivity contribution is 5.99. The number of hydrogen-bond donors (Lipinski definition) is 0. The van der Waals surface area contributed by atoms with Gasteiger partial charge in [0.2, 0.25) is 0 Å². The Morgan fingerprint density at radius 1 is 1.19 bits per heavy atom. The smallest absolute Gasteiger partial charge is 0.250 e. The summed E-state index contributed by atoms with van der Waals surface area (Å²) in [5.41, 5.74) is 4.43. The summed E-state index contributed by atoms with van der Waals surface area (Å²) in [4.78, 5) is 19.6. The normalized spacial score (nSPS) is 20.1. The van der Waals surface area contributed by atoms with E-state index in [0.717, 1.165) is 34.5 Å². The number of piperidine rings is 1. The number of methoxy groups -OCH3 is 1. The third-order valence-corrected chi connectivity index (χ3v) is 6.05. The van der Waals surface area contributed by atoms with Crippen molar-refractivity contribution < 1.29 is 13.9 Å². The number of nitrogens with zero attached hydrogens (tertiary/aromatic N) is 3. The number of carbonyl (C=O) groups excluding carboxylic acids is 1. The summed E-state index contributed by atoms with van der Waals surface area (Å²) in [7, 11) is 1.64. The number of hydrogen-bond acceptors (Lipinski definition) is 3. The van der Waals surface area contributed by atoms with Crippen LogP contribution in [0.25, 0.3) is 11.8 Å². The number of likely N-dealkylation sites (tertiary alicyclic amines) is 1. The molecule has 6 heteroatoms. The SMILES string of the molecule is COc1cc(/C=C2/C(=O)N(Cc3ccc(F)cc3)[C@@H](C)C[C@H]2C)ccc1-n1cnc(C)c1. The van der Waals surface area contributed by atoms with E-state index in [-0.39, 0.29) is 23.7 Å². The number of aromatic nitrogens is 2. The summed E-state index contributed by atoms with van der Waals surface area (Å²) < 4.78 is 20.8. The van der Waals surface area contributed by atoms with Gasteiger partial charge >= 0.3 is 0 Å². The molecule has 0 spiro atoms. The molecule has 1 amide bonds. The summed E-state index contributed by atoms with van der Waals surface area (Å²) in [5.74, 6) is 0.603. The van der Waals surface area contributed by atoms with Gasteiger partial charge in [-0.2, -0.15) is 0 Å². The van der Waals surface area contributed by atoms with Crippen LogP contribution in [0.5, 0.6) is 5.75 Å². The first-order valence-corrected chi connectivity index (χ1v) is 10.8. The molecule has 1 aliphatic rings. The van der Waals surface area contributed by atoms with E-state index in [1.807, 2.05) is 46.9 Å². The Hall–Kier alpha value is -3.41. The predicted octanol–water partition coefficient (Wildman–Crippen LogP) is 5.17. The second-order valence-electron chi connectivity index (χ2n) is 8.50. The number of ether oxygens (including phenoxy) is 1. The zero-order valence-electron chi connectivity index (χ0n) is 18.9. The van der Waals surface area contributed by atoms with E-state index in [9.17, 15) is 9.18 Å². The molecule has 0 N–H and O–H groups in total. The molecule has 0 radical (unpaired) electrons. The highest BCUT2D eigenvalue weighted by Crippen LogP contribution is 2.32. The van der Waals surface area contributed by atoms with Gasteiger partial charge in [-0.25, -0.2) is 9.37 Å². The fraction of sp³-hybridized carbons (Fsp3) is 0.308. The fourth-order valence-corrected chi connectivity index (χ4v) is 4.29. The van der Waals surface area contributed by atoms with E-state index in [0.29, 0.717) is 12.3 Å². The second kappa shape index (κ2) is 8.99. The topological polar surface area (TPSA) is 47.4 Å². The van der Waals surface area contributed by atoms with E-state index < -0.39 is 0 Å². The Morgan fingerprint density at radius 2 is 1.94 bits per heavy atom. The second-order valence-corrected chi connectivity index (χ2v) is 8.50. The molecular weight excluding hydrogens is 405 g/mol. The van der Waals surface area contributed by atoms with Crippen LogP contribution in [0.3, 0.4) is 0 Å². The van der Waals surface area contributed by atoms with Gasteiger partial charge in [-0.05, 0) is 67.7 Å². The zero-order chi connectivity index (χ0) is 22.8. The Bertz CT molecular complexity index is 1150. The van der Waals surface area contributed by atoms with Crippen LogP contribution in [-0.2, 0) is 11.3 Å². The molecule has 0 aliphatic carbocycles. The summed E-state index contributed by atoms with van der Waals surface area (Å²) in [6.07, 6.45) is 6.54. The van der Waals surface area contributed by atoms with Crippen molar-refractivity contribution in [3.8, 4) is 11.4 Å². The van der Waals surface area contributed by atoms with Gasteiger partial charge in [-0.1, -0.05) is 25.1 Å². The van der Waals surface area contributed by atoms with Crippen molar-refractivity contribution in [2.24, 2.45) is 5.92 Å². The lowest BCUT2D eigenvalue weighted by Crippen LogP contribution is -2.45. The van der Waals surface area contributed by atoms with Crippen LogP contribution in [0.15, 0.2) is 60.6 Å². The van der Waals surface area contributed by atoms with Gasteiger partial charge in [0.15, 0.2) is 0 Å². The molecule has 5 nitrogen and oxygen atoms in total. The molecule has 1 saturated heterocycles. The van der Waals surface area contributed by atoms with Crippen molar-refractivity contribution in [1.29, 1.82) is 0 Å². The maximum absolute atomic E-state index is 13.4. The van der Waals surface area contributed by atoms with Crippen LogP contribution < -0.4 is 4.74 Å². The molecule has 1 fully saturated rings. The Balaban J connectivity index is 1.63. The quantitative estimate of drug-likeness (QED) is 0.522. The molecule has 2 atom stereocenters. The first-order valence-electron chi connectivity index (χ1n) is 10.8. The highest BCUT2D eigenvalue weighted by Gasteiger charge is 2.33. The van der Waals surface area contributed by atoms with E-state index in [2.05, 4.69) is 18.8 Å². The van der Waals surface area contributed by atoms with Gasteiger partial charge in [0.1, 0.15) is 11.6 Å². The van der Waals surface area contributed by atoms with Crippen LogP contribution >= 0.6 is 0 Å². The van der Waals surface area contributed by atoms with Crippen LogP contribution in [-0.4, -0.2) is 33.5 Å². The maximum Gasteiger partial charge on any atom is 0.250 e. The van der Waals surface area contributed by atoms with Gasteiger partial charge in [0.25, 0.3) is 5.91 Å². The van der Waals surface area contributed by atoms with Crippen molar-refractivity contribution in [2.75, 3.05) is 7.11 Å². The van der Waals surface area contributed by atoms with Crippen LogP contribution in [0.1, 0.15) is 37.1 Å². The number of amides is 1. The predicted molar refractivity (Wildman–Crippen MR) is 123 cm³/mol. The Morgan fingerprint density at radius 3 is 2.59 bits per heavy atom. The average molecular weight is 434 g/mol. The van der Waals surface area contributed by atoms with Gasteiger partial charge in [0, 0.05) is 24.4 Å². The number of carbonyl (C=O) groups is 1. The molecule has 0 bridgehead atoms. The number of rotatable bonds is 5. The minimum atomic E-state index is -0.274.